The maximum atomic E-state index is 13.1. The Hall–Kier alpha value is -2.39. The lowest BCUT2D eigenvalue weighted by Crippen LogP contribution is -2.24. The number of nitrogens with one attached hydrogen (secondary N) is 1. The zero-order valence-corrected chi connectivity index (χ0v) is 19.1. The Balaban J connectivity index is 1.88. The molecule has 0 fully saturated rings. The summed E-state index contributed by atoms with van der Waals surface area (Å²) in [6.45, 7) is -0.383. The minimum absolute atomic E-state index is 0.104. The van der Waals surface area contributed by atoms with Crippen LogP contribution in [0.15, 0.2) is 64.6 Å². The zero-order chi connectivity index (χ0) is 22.2. The Morgan fingerprint density at radius 2 is 1.94 bits per heavy atom. The van der Waals surface area contributed by atoms with Crippen molar-refractivity contribution in [3.05, 3.63) is 81.3 Å². The number of nitrogens with zero attached hydrogens (tertiary/aromatic N) is 1. The molecule has 31 heavy (non-hydrogen) atoms. The van der Waals surface area contributed by atoms with Crippen LogP contribution in [0, 0.1) is 0 Å². The van der Waals surface area contributed by atoms with E-state index in [1.807, 2.05) is 42.5 Å². The second-order valence-electron chi connectivity index (χ2n) is 7.09. The lowest BCUT2D eigenvalue weighted by Gasteiger charge is -2.19. The van der Waals surface area contributed by atoms with Crippen LogP contribution in [0.2, 0.25) is 0 Å². The molecule has 3 rings (SSSR count). The van der Waals surface area contributed by atoms with Gasteiger partial charge in [0.15, 0.2) is 10.9 Å². The zero-order valence-electron chi connectivity index (χ0n) is 16.7. The molecular formula is C23H23BrN2O4S. The topological polar surface area (TPSA) is 99.5 Å². The van der Waals surface area contributed by atoms with Gasteiger partial charge in [0, 0.05) is 28.0 Å². The Kier molecular flexibility index (Phi) is 8.48. The summed E-state index contributed by atoms with van der Waals surface area (Å²) in [6.07, 6.45) is 1.31. The van der Waals surface area contributed by atoms with Gasteiger partial charge in [-0.25, -0.2) is 4.98 Å². The van der Waals surface area contributed by atoms with Crippen molar-refractivity contribution >= 4 is 44.1 Å². The van der Waals surface area contributed by atoms with Gasteiger partial charge in [0.1, 0.15) is 0 Å². The summed E-state index contributed by atoms with van der Waals surface area (Å²) >= 11 is 4.75. The van der Waals surface area contributed by atoms with Crippen molar-refractivity contribution in [1.82, 2.24) is 4.98 Å². The molecule has 2 aromatic carbocycles. The number of benzene rings is 2. The Morgan fingerprint density at radius 3 is 2.61 bits per heavy atom. The summed E-state index contributed by atoms with van der Waals surface area (Å²) in [5.74, 6) is -0.852. The smallest absolute Gasteiger partial charge is 0.234 e. The lowest BCUT2D eigenvalue weighted by atomic mass is 9.87. The van der Waals surface area contributed by atoms with Crippen LogP contribution in [0.3, 0.4) is 0 Å². The van der Waals surface area contributed by atoms with Gasteiger partial charge >= 0.3 is 0 Å². The number of aromatic nitrogens is 1. The highest BCUT2D eigenvalue weighted by Crippen LogP contribution is 2.28. The first kappa shape index (κ1) is 23.3. The molecule has 0 saturated carbocycles. The Bertz CT molecular complexity index is 1010. The van der Waals surface area contributed by atoms with Gasteiger partial charge in [-0.05, 0) is 36.1 Å². The highest BCUT2D eigenvalue weighted by molar-refractivity contribution is 9.10. The molecule has 0 aliphatic carbocycles. The van der Waals surface area contributed by atoms with Gasteiger partial charge in [0.2, 0.25) is 5.91 Å². The third-order valence-corrected chi connectivity index (χ3v) is 6.07. The lowest BCUT2D eigenvalue weighted by molar-refractivity contribution is -0.117. The Morgan fingerprint density at radius 1 is 1.16 bits per heavy atom. The van der Waals surface area contributed by atoms with Crippen LogP contribution in [-0.4, -0.2) is 39.6 Å². The average molecular weight is 503 g/mol. The molecule has 1 aromatic heterocycles. The van der Waals surface area contributed by atoms with Gasteiger partial charge in [0.25, 0.3) is 0 Å². The molecule has 3 N–H and O–H groups in total. The van der Waals surface area contributed by atoms with Crippen molar-refractivity contribution in [2.24, 2.45) is 0 Å². The highest BCUT2D eigenvalue weighted by Gasteiger charge is 2.24. The molecule has 162 valence electrons. The first-order valence-corrected chi connectivity index (χ1v) is 11.5. The standard InChI is InChI=1S/C23H23BrN2O4S/c24-17-7-6-16(19(13-17)21(29)9-8-18(28)14-27)12-20(15-4-2-1-3-5-15)22(30)26-23-25-10-11-31-23/h1-7,10-11,13,18,20,27-28H,8-9,12,14H2,(H,25,26,30)/t18?,20-/m1/s1. The van der Waals surface area contributed by atoms with Crippen LogP contribution >= 0.6 is 27.3 Å². The minimum atomic E-state index is -0.930. The largest absolute Gasteiger partial charge is 0.394 e. The fraction of sp³-hybridized carbons (Fsp3) is 0.261. The number of aliphatic hydroxyl groups excluding tert-OH is 2. The van der Waals surface area contributed by atoms with Gasteiger partial charge in [-0.2, -0.15) is 0 Å². The highest BCUT2D eigenvalue weighted by atomic mass is 79.9. The molecule has 3 aromatic rings. The number of rotatable bonds is 10. The van der Waals surface area contributed by atoms with Gasteiger partial charge in [0.05, 0.1) is 18.6 Å². The number of thiazole rings is 1. The predicted octanol–water partition coefficient (Wildman–Crippen LogP) is 4.19. The van der Waals surface area contributed by atoms with Crippen LogP contribution < -0.4 is 5.32 Å². The second kappa shape index (κ2) is 11.3. The number of anilines is 1. The molecule has 2 atom stereocenters. The summed E-state index contributed by atoms with van der Waals surface area (Å²) in [6, 6.07) is 14.9. The fourth-order valence-corrected chi connectivity index (χ4v) is 4.15. The number of ketones is 1. The molecule has 8 heteroatoms. The SMILES string of the molecule is O=C(CCC(O)CO)c1cc(Br)ccc1C[C@@H](C(=O)Nc1nccs1)c1ccccc1. The molecule has 1 amide bonds. The van der Waals surface area contributed by atoms with E-state index in [-0.39, 0.29) is 31.1 Å². The number of carbonyl (C=O) groups excluding carboxylic acids is 2. The number of amides is 1. The first-order valence-electron chi connectivity index (χ1n) is 9.83. The van der Waals surface area contributed by atoms with Crippen molar-refractivity contribution in [2.75, 3.05) is 11.9 Å². The van der Waals surface area contributed by atoms with Crippen molar-refractivity contribution in [3.8, 4) is 0 Å². The van der Waals surface area contributed by atoms with E-state index in [1.165, 1.54) is 11.3 Å². The summed E-state index contributed by atoms with van der Waals surface area (Å²) in [5.41, 5.74) is 2.09. The molecule has 0 bridgehead atoms. The summed E-state index contributed by atoms with van der Waals surface area (Å²) in [7, 11) is 0. The monoisotopic (exact) mass is 502 g/mol. The number of hydrogen-bond acceptors (Lipinski definition) is 6. The number of Topliss-reactive ketones (excluding diaryl/α,β-unsaturated/α-hetero) is 1. The van der Waals surface area contributed by atoms with E-state index in [4.69, 9.17) is 5.11 Å². The van der Waals surface area contributed by atoms with Gasteiger partial charge < -0.3 is 15.5 Å². The van der Waals surface area contributed by atoms with Crippen molar-refractivity contribution in [3.63, 3.8) is 0 Å². The minimum Gasteiger partial charge on any atom is -0.394 e. The predicted molar refractivity (Wildman–Crippen MR) is 124 cm³/mol. The molecule has 6 nitrogen and oxygen atoms in total. The number of carbonyl (C=O) groups is 2. The third kappa shape index (κ3) is 6.54. The summed E-state index contributed by atoms with van der Waals surface area (Å²) < 4.78 is 0.755. The number of hydrogen-bond donors (Lipinski definition) is 3. The van der Waals surface area contributed by atoms with Gasteiger partial charge in [-0.3, -0.25) is 9.59 Å². The van der Waals surface area contributed by atoms with E-state index in [2.05, 4.69) is 26.2 Å². The number of aliphatic hydroxyl groups is 2. The van der Waals surface area contributed by atoms with Crippen LogP contribution in [0.5, 0.6) is 0 Å². The van der Waals surface area contributed by atoms with Crippen molar-refractivity contribution in [2.45, 2.75) is 31.3 Å². The van der Waals surface area contributed by atoms with E-state index in [1.54, 1.807) is 17.6 Å². The normalized spacial score (nSPS) is 12.9. The Labute approximate surface area is 193 Å². The van der Waals surface area contributed by atoms with Crippen molar-refractivity contribution in [1.29, 1.82) is 0 Å². The van der Waals surface area contributed by atoms with Crippen LogP contribution in [0.25, 0.3) is 0 Å². The van der Waals surface area contributed by atoms with Gasteiger partial charge in [-0.1, -0.05) is 52.3 Å². The van der Waals surface area contributed by atoms with Gasteiger partial charge in [-0.15, -0.1) is 11.3 Å². The summed E-state index contributed by atoms with van der Waals surface area (Å²) in [5, 5.41) is 23.8. The average Bonchev–Trinajstić information content (AvgIpc) is 3.29. The maximum Gasteiger partial charge on any atom is 0.234 e. The van der Waals surface area contributed by atoms with E-state index in [0.717, 1.165) is 15.6 Å². The molecule has 0 aliphatic rings. The van der Waals surface area contributed by atoms with E-state index < -0.39 is 12.0 Å². The van der Waals surface area contributed by atoms with Crippen molar-refractivity contribution < 1.29 is 19.8 Å². The molecule has 0 radical (unpaired) electrons. The van der Waals surface area contributed by atoms with E-state index >= 15 is 0 Å². The second-order valence-corrected chi connectivity index (χ2v) is 8.90. The molecule has 0 saturated heterocycles. The molecular weight excluding hydrogens is 480 g/mol. The van der Waals surface area contributed by atoms with Crippen LogP contribution in [-0.2, 0) is 11.2 Å². The van der Waals surface area contributed by atoms with Crippen LogP contribution in [0.1, 0.15) is 40.2 Å². The van der Waals surface area contributed by atoms with E-state index in [0.29, 0.717) is 17.1 Å². The first-order chi connectivity index (χ1) is 15.0. The molecule has 1 heterocycles. The molecule has 0 aliphatic heterocycles. The summed E-state index contributed by atoms with van der Waals surface area (Å²) in [4.78, 5) is 30.1. The maximum absolute atomic E-state index is 13.1. The number of halogens is 1. The fourth-order valence-electron chi connectivity index (χ4n) is 3.25. The van der Waals surface area contributed by atoms with E-state index in [9.17, 15) is 14.7 Å². The molecule has 1 unspecified atom stereocenters. The van der Waals surface area contributed by atoms with Crippen LogP contribution in [0.4, 0.5) is 5.13 Å². The molecule has 0 spiro atoms. The third-order valence-electron chi connectivity index (χ3n) is 4.89. The quantitative estimate of drug-likeness (QED) is 0.361.